The Balaban J connectivity index is 1.29. The number of piperazine rings is 1. The number of nitrogens with one attached hydrogen (secondary N) is 1. The van der Waals surface area contributed by atoms with Gasteiger partial charge in [0.25, 0.3) is 15.9 Å². The van der Waals surface area contributed by atoms with E-state index in [2.05, 4.69) is 15.9 Å². The molecule has 2 aromatic heterocycles. The fraction of sp³-hybridized carbons (Fsp3) is 0.333. The standard InChI is InChI=1S/C21H21N5O4S2/c1-2-14-3-4-16-15(11-14)12-19(22-16)32(29,30)26-9-7-24(8-10-26)21(27)20-23-17-5-6-25(28)13-18(17)31-20/h1,3-4,11-12,22,28H,5-10,13H2. The number of hydroxylamine groups is 2. The van der Waals surface area contributed by atoms with Gasteiger partial charge < -0.3 is 15.1 Å². The first-order valence-corrected chi connectivity index (χ1v) is 12.4. The lowest BCUT2D eigenvalue weighted by Crippen LogP contribution is -2.50. The van der Waals surface area contributed by atoms with Crippen molar-refractivity contribution in [1.82, 2.24) is 24.2 Å². The molecule has 1 saturated heterocycles. The molecule has 5 rings (SSSR count). The predicted octanol–water partition coefficient (Wildman–Crippen LogP) is 1.50. The second-order valence-corrected chi connectivity index (χ2v) is 10.8. The van der Waals surface area contributed by atoms with E-state index in [1.54, 1.807) is 29.2 Å². The third-order valence-corrected chi connectivity index (χ3v) is 8.69. The molecule has 0 bridgehead atoms. The molecule has 0 atom stereocenters. The molecule has 1 fully saturated rings. The number of sulfonamides is 1. The highest BCUT2D eigenvalue weighted by Crippen LogP contribution is 2.27. The Morgan fingerprint density at radius 2 is 1.97 bits per heavy atom. The summed E-state index contributed by atoms with van der Waals surface area (Å²) in [5, 5.41) is 12.1. The van der Waals surface area contributed by atoms with Gasteiger partial charge in [-0.15, -0.1) is 17.8 Å². The van der Waals surface area contributed by atoms with Gasteiger partial charge in [0.15, 0.2) is 5.01 Å². The van der Waals surface area contributed by atoms with Crippen molar-refractivity contribution in [1.29, 1.82) is 0 Å². The average Bonchev–Trinajstić information content (AvgIpc) is 3.42. The number of hydrogen-bond acceptors (Lipinski definition) is 7. The van der Waals surface area contributed by atoms with Crippen molar-refractivity contribution in [3.8, 4) is 12.3 Å². The molecule has 0 unspecified atom stereocenters. The Bertz CT molecular complexity index is 1350. The van der Waals surface area contributed by atoms with E-state index >= 15 is 0 Å². The minimum atomic E-state index is -3.72. The van der Waals surface area contributed by atoms with E-state index in [1.165, 1.54) is 20.7 Å². The van der Waals surface area contributed by atoms with Gasteiger partial charge in [0.1, 0.15) is 5.03 Å². The summed E-state index contributed by atoms with van der Waals surface area (Å²) in [5.74, 6) is 2.35. The van der Waals surface area contributed by atoms with Crippen LogP contribution >= 0.6 is 11.3 Å². The Labute approximate surface area is 189 Å². The lowest BCUT2D eigenvalue weighted by molar-refractivity contribution is -0.102. The number of thiazole rings is 1. The summed E-state index contributed by atoms with van der Waals surface area (Å²) in [7, 11) is -3.72. The zero-order valence-electron chi connectivity index (χ0n) is 17.1. The number of carbonyl (C=O) groups is 1. The highest BCUT2D eigenvalue weighted by Gasteiger charge is 2.33. The number of aromatic nitrogens is 2. The van der Waals surface area contributed by atoms with Crippen LogP contribution in [-0.2, 0) is 23.0 Å². The fourth-order valence-electron chi connectivity index (χ4n) is 4.01. The minimum Gasteiger partial charge on any atom is -0.345 e. The number of H-pyrrole nitrogens is 1. The topological polar surface area (TPSA) is 110 Å². The van der Waals surface area contributed by atoms with Crippen LogP contribution in [0.4, 0.5) is 0 Å². The second kappa shape index (κ2) is 7.99. The number of carbonyl (C=O) groups excluding carboxylic acids is 1. The molecule has 1 aromatic carbocycles. The van der Waals surface area contributed by atoms with E-state index in [0.717, 1.165) is 16.0 Å². The number of amides is 1. The minimum absolute atomic E-state index is 0.114. The zero-order chi connectivity index (χ0) is 22.5. The third kappa shape index (κ3) is 3.70. The number of nitrogens with zero attached hydrogens (tertiary/aromatic N) is 4. The largest absolute Gasteiger partial charge is 0.345 e. The maximum absolute atomic E-state index is 13.1. The van der Waals surface area contributed by atoms with Crippen LogP contribution in [-0.4, -0.2) is 76.5 Å². The van der Waals surface area contributed by atoms with Crippen LogP contribution in [0.3, 0.4) is 0 Å². The number of fused-ring (bicyclic) bond motifs is 2. The van der Waals surface area contributed by atoms with Gasteiger partial charge in [-0.3, -0.25) is 4.79 Å². The summed E-state index contributed by atoms with van der Waals surface area (Å²) in [4.78, 5) is 22.9. The van der Waals surface area contributed by atoms with Gasteiger partial charge in [0.05, 0.1) is 12.2 Å². The van der Waals surface area contributed by atoms with Crippen LogP contribution in [0.2, 0.25) is 0 Å². The fourth-order valence-corrected chi connectivity index (χ4v) is 6.54. The average molecular weight is 472 g/mol. The monoisotopic (exact) mass is 471 g/mol. The summed E-state index contributed by atoms with van der Waals surface area (Å²) in [6.07, 6.45) is 6.03. The third-order valence-electron chi connectivity index (χ3n) is 5.80. The molecule has 2 aliphatic heterocycles. The normalized spacial score (nSPS) is 17.9. The molecule has 0 radical (unpaired) electrons. The second-order valence-electron chi connectivity index (χ2n) is 7.80. The van der Waals surface area contributed by atoms with Crippen molar-refractivity contribution in [2.45, 2.75) is 18.0 Å². The molecule has 1 amide bonds. The van der Waals surface area contributed by atoms with Crippen molar-refractivity contribution in [2.24, 2.45) is 0 Å². The molecule has 32 heavy (non-hydrogen) atoms. The number of rotatable bonds is 3. The first kappa shape index (κ1) is 21.1. The molecule has 0 saturated carbocycles. The van der Waals surface area contributed by atoms with Crippen LogP contribution in [0.1, 0.15) is 25.9 Å². The Kier molecular flexibility index (Phi) is 5.27. The van der Waals surface area contributed by atoms with Gasteiger partial charge >= 0.3 is 0 Å². The van der Waals surface area contributed by atoms with Crippen molar-refractivity contribution in [3.05, 3.63) is 45.4 Å². The summed E-state index contributed by atoms with van der Waals surface area (Å²) < 4.78 is 27.7. The van der Waals surface area contributed by atoms with Gasteiger partial charge in [-0.05, 0) is 24.3 Å². The number of hydrogen-bond donors (Lipinski definition) is 2. The van der Waals surface area contributed by atoms with Crippen LogP contribution in [0.15, 0.2) is 29.3 Å². The number of aromatic amines is 1. The highest BCUT2D eigenvalue weighted by molar-refractivity contribution is 7.89. The summed E-state index contributed by atoms with van der Waals surface area (Å²) in [6.45, 7) is 1.85. The quantitative estimate of drug-likeness (QED) is 0.561. The van der Waals surface area contributed by atoms with Crippen molar-refractivity contribution < 1.29 is 18.4 Å². The molecule has 2 N–H and O–H groups in total. The van der Waals surface area contributed by atoms with Crippen LogP contribution in [0.25, 0.3) is 10.9 Å². The maximum atomic E-state index is 13.1. The van der Waals surface area contributed by atoms with Crippen molar-refractivity contribution in [2.75, 3.05) is 32.7 Å². The molecule has 11 heteroatoms. The molecule has 9 nitrogen and oxygen atoms in total. The number of terminal acetylenes is 1. The Morgan fingerprint density at radius 3 is 2.72 bits per heavy atom. The van der Waals surface area contributed by atoms with Gasteiger partial charge in [-0.2, -0.15) is 9.37 Å². The van der Waals surface area contributed by atoms with Crippen molar-refractivity contribution >= 4 is 38.2 Å². The van der Waals surface area contributed by atoms with E-state index in [0.29, 0.717) is 35.6 Å². The van der Waals surface area contributed by atoms with Gasteiger partial charge in [-0.1, -0.05) is 5.92 Å². The molecule has 3 aromatic rings. The first-order valence-electron chi connectivity index (χ1n) is 10.2. The zero-order valence-corrected chi connectivity index (χ0v) is 18.7. The van der Waals surface area contributed by atoms with Crippen LogP contribution < -0.4 is 0 Å². The van der Waals surface area contributed by atoms with Crippen LogP contribution in [0, 0.1) is 12.3 Å². The molecule has 166 valence electrons. The molecule has 0 spiro atoms. The molecular weight excluding hydrogens is 450 g/mol. The summed E-state index contributed by atoms with van der Waals surface area (Å²) >= 11 is 1.29. The van der Waals surface area contributed by atoms with Gasteiger partial charge in [0.2, 0.25) is 0 Å². The Hall–Kier alpha value is -2.75. The van der Waals surface area contributed by atoms with Crippen molar-refractivity contribution in [3.63, 3.8) is 0 Å². The molecule has 2 aliphatic rings. The van der Waals surface area contributed by atoms with Gasteiger partial charge in [-0.25, -0.2) is 13.4 Å². The van der Waals surface area contributed by atoms with E-state index in [-0.39, 0.29) is 37.1 Å². The lowest BCUT2D eigenvalue weighted by atomic mass is 10.2. The Morgan fingerprint density at radius 1 is 1.19 bits per heavy atom. The smallest absolute Gasteiger partial charge is 0.282 e. The lowest BCUT2D eigenvalue weighted by Gasteiger charge is -2.33. The van der Waals surface area contributed by atoms with E-state index in [9.17, 15) is 18.4 Å². The van der Waals surface area contributed by atoms with E-state index in [1.807, 2.05) is 0 Å². The highest BCUT2D eigenvalue weighted by atomic mass is 32.2. The summed E-state index contributed by atoms with van der Waals surface area (Å²) in [6, 6.07) is 6.89. The first-order chi connectivity index (χ1) is 15.3. The molecule has 4 heterocycles. The van der Waals surface area contributed by atoms with E-state index in [4.69, 9.17) is 6.42 Å². The molecule has 0 aliphatic carbocycles. The maximum Gasteiger partial charge on any atom is 0.282 e. The predicted molar refractivity (Wildman–Crippen MR) is 119 cm³/mol. The van der Waals surface area contributed by atoms with Crippen LogP contribution in [0.5, 0.6) is 0 Å². The summed E-state index contributed by atoms with van der Waals surface area (Å²) in [5.41, 5.74) is 2.24. The number of benzene rings is 1. The SMILES string of the molecule is C#Cc1ccc2[nH]c(S(=O)(=O)N3CCN(C(=O)c4nc5c(s4)CN(O)CC5)CC3)cc2c1. The van der Waals surface area contributed by atoms with E-state index < -0.39 is 10.0 Å². The van der Waals surface area contributed by atoms with Gasteiger partial charge in [0, 0.05) is 60.5 Å². The molecular formula is C21H21N5O4S2.